The van der Waals surface area contributed by atoms with Gasteiger partial charge in [-0.05, 0) is 26.8 Å². The molecule has 1 aromatic heterocycles. The summed E-state index contributed by atoms with van der Waals surface area (Å²) in [7, 11) is 0. The van der Waals surface area contributed by atoms with E-state index < -0.39 is 0 Å². The van der Waals surface area contributed by atoms with E-state index in [0.717, 1.165) is 23.3 Å². The first-order chi connectivity index (χ1) is 11.0. The minimum absolute atomic E-state index is 0.0418. The lowest BCUT2D eigenvalue weighted by Crippen LogP contribution is -2.30. The van der Waals surface area contributed by atoms with E-state index >= 15 is 0 Å². The Bertz CT molecular complexity index is 739. The molecular weight excluding hydrogens is 294 g/mol. The maximum Gasteiger partial charge on any atom is 0.295 e. The van der Waals surface area contributed by atoms with E-state index in [1.165, 1.54) is 6.07 Å². The second-order valence-electron chi connectivity index (χ2n) is 6.15. The molecule has 0 amide bonds. The maximum absolute atomic E-state index is 11.2. The van der Waals surface area contributed by atoms with Gasteiger partial charge in [0.1, 0.15) is 0 Å². The average molecular weight is 315 g/mol. The zero-order valence-electron chi connectivity index (χ0n) is 13.5. The summed E-state index contributed by atoms with van der Waals surface area (Å²) in [4.78, 5) is 15.2. The summed E-state index contributed by atoms with van der Waals surface area (Å²) in [6.07, 6.45) is 0. The number of benzene rings is 1. The first-order valence-corrected chi connectivity index (χ1v) is 7.77. The highest BCUT2D eigenvalue weighted by Gasteiger charge is 2.29. The highest BCUT2D eigenvalue weighted by Crippen LogP contribution is 2.30. The lowest BCUT2D eigenvalue weighted by atomic mass is 9.96. The van der Waals surface area contributed by atoms with E-state index in [2.05, 4.69) is 35.0 Å². The number of aromatic nitrogens is 1. The van der Waals surface area contributed by atoms with Gasteiger partial charge in [-0.1, -0.05) is 12.1 Å². The molecule has 2 aromatic rings. The maximum atomic E-state index is 11.2. The molecule has 122 valence electrons. The zero-order chi connectivity index (χ0) is 16.6. The van der Waals surface area contributed by atoms with E-state index in [-0.39, 0.29) is 10.6 Å². The number of nitro benzene ring substituents is 1. The van der Waals surface area contributed by atoms with Crippen LogP contribution in [0.5, 0.6) is 0 Å². The molecule has 2 atom stereocenters. The standard InChI is InChI=1S/C16H21N5O2/c1-9-7-14(17-8-13-10(2)19-20-11(13)3)12-5-4-6-15(21(22)23)16(12)18-9/h4-7,10-11,13,19-20H,8H2,1-3H3,(H,17,18). The van der Waals surface area contributed by atoms with Gasteiger partial charge in [0.2, 0.25) is 0 Å². The van der Waals surface area contributed by atoms with Gasteiger partial charge in [0.05, 0.1) is 4.92 Å². The molecule has 0 bridgehead atoms. The van der Waals surface area contributed by atoms with Gasteiger partial charge in [-0.3, -0.25) is 21.0 Å². The third-order valence-corrected chi connectivity index (χ3v) is 4.49. The number of rotatable bonds is 4. The summed E-state index contributed by atoms with van der Waals surface area (Å²) in [6.45, 7) is 6.92. The molecule has 2 heterocycles. The van der Waals surface area contributed by atoms with Crippen LogP contribution >= 0.6 is 0 Å². The zero-order valence-corrected chi connectivity index (χ0v) is 13.5. The average Bonchev–Trinajstić information content (AvgIpc) is 2.82. The molecule has 0 radical (unpaired) electrons. The number of pyridine rings is 1. The van der Waals surface area contributed by atoms with E-state index in [9.17, 15) is 10.1 Å². The van der Waals surface area contributed by atoms with Crippen LogP contribution in [0.15, 0.2) is 24.3 Å². The van der Waals surface area contributed by atoms with Crippen molar-refractivity contribution in [3.8, 4) is 0 Å². The first kappa shape index (κ1) is 15.6. The molecule has 7 heteroatoms. The number of para-hydroxylation sites is 1. The Morgan fingerprint density at radius 2 is 2.00 bits per heavy atom. The highest BCUT2D eigenvalue weighted by atomic mass is 16.6. The molecule has 1 fully saturated rings. The smallest absolute Gasteiger partial charge is 0.295 e. The topological polar surface area (TPSA) is 92.1 Å². The lowest BCUT2D eigenvalue weighted by molar-refractivity contribution is -0.383. The fourth-order valence-corrected chi connectivity index (χ4v) is 3.15. The number of hydrogen-bond acceptors (Lipinski definition) is 6. The molecule has 1 aliphatic heterocycles. The quantitative estimate of drug-likeness (QED) is 0.592. The summed E-state index contributed by atoms with van der Waals surface area (Å²) in [5.74, 6) is 0.428. The van der Waals surface area contributed by atoms with Crippen LogP contribution in [-0.4, -0.2) is 28.5 Å². The molecule has 7 nitrogen and oxygen atoms in total. The fourth-order valence-electron chi connectivity index (χ4n) is 3.15. The molecule has 1 saturated heterocycles. The predicted octanol–water partition coefficient (Wildman–Crippen LogP) is 2.36. The summed E-state index contributed by atoms with van der Waals surface area (Å²) in [5, 5.41) is 15.5. The number of non-ortho nitro benzene ring substituents is 1. The summed E-state index contributed by atoms with van der Waals surface area (Å²) < 4.78 is 0. The third kappa shape index (κ3) is 2.97. The number of nitro groups is 1. The van der Waals surface area contributed by atoms with Gasteiger partial charge >= 0.3 is 0 Å². The second-order valence-corrected chi connectivity index (χ2v) is 6.15. The van der Waals surface area contributed by atoms with Gasteiger partial charge in [0.15, 0.2) is 5.52 Å². The van der Waals surface area contributed by atoms with Crippen molar-refractivity contribution in [2.45, 2.75) is 32.9 Å². The first-order valence-electron chi connectivity index (χ1n) is 7.77. The lowest BCUT2D eigenvalue weighted by Gasteiger charge is -2.20. The predicted molar refractivity (Wildman–Crippen MR) is 90.3 cm³/mol. The summed E-state index contributed by atoms with van der Waals surface area (Å²) in [6, 6.07) is 7.73. The Kier molecular flexibility index (Phi) is 4.14. The number of fused-ring (bicyclic) bond motifs is 1. The highest BCUT2D eigenvalue weighted by molar-refractivity contribution is 5.96. The second kappa shape index (κ2) is 6.10. The van der Waals surface area contributed by atoms with Crippen molar-refractivity contribution in [3.05, 3.63) is 40.1 Å². The van der Waals surface area contributed by atoms with Crippen LogP contribution in [0.4, 0.5) is 11.4 Å². The molecule has 0 aliphatic carbocycles. The van der Waals surface area contributed by atoms with Crippen molar-refractivity contribution in [2.24, 2.45) is 5.92 Å². The van der Waals surface area contributed by atoms with Crippen LogP contribution in [0.25, 0.3) is 10.9 Å². The Morgan fingerprint density at radius 1 is 1.30 bits per heavy atom. The van der Waals surface area contributed by atoms with Gasteiger partial charge in [0.25, 0.3) is 5.69 Å². The van der Waals surface area contributed by atoms with Crippen LogP contribution in [0, 0.1) is 23.0 Å². The monoisotopic (exact) mass is 315 g/mol. The molecule has 2 unspecified atom stereocenters. The largest absolute Gasteiger partial charge is 0.384 e. The van der Waals surface area contributed by atoms with Gasteiger partial charge in [-0.25, -0.2) is 4.98 Å². The Morgan fingerprint density at radius 3 is 2.65 bits per heavy atom. The van der Waals surface area contributed by atoms with E-state index in [0.29, 0.717) is 23.5 Å². The molecule has 0 saturated carbocycles. The number of aryl methyl sites for hydroxylation is 1. The SMILES string of the molecule is Cc1cc(NCC2C(C)NNC2C)c2cccc([N+](=O)[O-])c2n1. The van der Waals surface area contributed by atoms with Crippen LogP contribution in [-0.2, 0) is 0 Å². The van der Waals surface area contributed by atoms with Gasteiger partial charge < -0.3 is 5.32 Å². The van der Waals surface area contributed by atoms with Crippen LogP contribution < -0.4 is 16.2 Å². The van der Waals surface area contributed by atoms with Gasteiger partial charge in [-0.15, -0.1) is 0 Å². The van der Waals surface area contributed by atoms with Crippen LogP contribution in [0.2, 0.25) is 0 Å². The Balaban J connectivity index is 1.94. The van der Waals surface area contributed by atoms with E-state index in [1.807, 2.05) is 19.1 Å². The van der Waals surface area contributed by atoms with Crippen LogP contribution in [0.3, 0.4) is 0 Å². The molecule has 1 aromatic carbocycles. The molecule has 0 spiro atoms. The molecule has 23 heavy (non-hydrogen) atoms. The van der Waals surface area contributed by atoms with E-state index in [1.54, 1.807) is 6.07 Å². The Hall–Kier alpha value is -2.25. The third-order valence-electron chi connectivity index (χ3n) is 4.49. The fraction of sp³-hybridized carbons (Fsp3) is 0.438. The number of hydrazine groups is 1. The number of nitrogens with zero attached hydrogens (tertiary/aromatic N) is 2. The van der Waals surface area contributed by atoms with Gasteiger partial charge in [-0.2, -0.15) is 0 Å². The molecular formula is C16H21N5O2. The van der Waals surface area contributed by atoms with Crippen molar-refractivity contribution in [2.75, 3.05) is 11.9 Å². The van der Waals surface area contributed by atoms with Crippen molar-refractivity contribution < 1.29 is 4.92 Å². The number of hydrogen-bond donors (Lipinski definition) is 3. The minimum Gasteiger partial charge on any atom is -0.384 e. The molecule has 1 aliphatic rings. The van der Waals surface area contributed by atoms with Crippen molar-refractivity contribution in [3.63, 3.8) is 0 Å². The number of anilines is 1. The van der Waals surface area contributed by atoms with Crippen molar-refractivity contribution in [1.29, 1.82) is 0 Å². The molecule has 3 rings (SSSR count). The summed E-state index contributed by atoms with van der Waals surface area (Å²) in [5.41, 5.74) is 8.60. The summed E-state index contributed by atoms with van der Waals surface area (Å²) >= 11 is 0. The Labute approximate surface area is 134 Å². The minimum atomic E-state index is -0.381. The van der Waals surface area contributed by atoms with Crippen molar-refractivity contribution >= 4 is 22.3 Å². The van der Waals surface area contributed by atoms with Crippen LogP contribution in [0.1, 0.15) is 19.5 Å². The molecule has 3 N–H and O–H groups in total. The van der Waals surface area contributed by atoms with Crippen molar-refractivity contribution in [1.82, 2.24) is 15.8 Å². The van der Waals surface area contributed by atoms with Gasteiger partial charge in [0, 0.05) is 47.4 Å². The normalized spacial score (nSPS) is 24.0. The number of nitrogens with one attached hydrogen (secondary N) is 3. The van der Waals surface area contributed by atoms with E-state index in [4.69, 9.17) is 0 Å².